The van der Waals surface area contributed by atoms with Gasteiger partial charge in [0.05, 0.1) is 5.69 Å². The Morgan fingerprint density at radius 3 is 2.85 bits per heavy atom. The number of carbonyl (C=O) groups is 2. The molecule has 2 aliphatic rings. The second-order valence-corrected chi connectivity index (χ2v) is 7.32. The molecule has 0 aromatic carbocycles. The van der Waals surface area contributed by atoms with Crippen LogP contribution in [0.15, 0.2) is 0 Å². The number of piperidine rings is 1. The highest BCUT2D eigenvalue weighted by molar-refractivity contribution is 5.94. The second-order valence-electron chi connectivity index (χ2n) is 7.32. The number of aryl methyl sites for hydroxylation is 2. The van der Waals surface area contributed by atoms with Crippen LogP contribution in [-0.2, 0) is 29.4 Å². The predicted molar refractivity (Wildman–Crippen MR) is 98.0 cm³/mol. The van der Waals surface area contributed by atoms with Crippen LogP contribution in [0.3, 0.4) is 0 Å². The van der Waals surface area contributed by atoms with Gasteiger partial charge in [0, 0.05) is 38.9 Å². The molecule has 1 saturated heterocycles. The molecule has 3 rings (SSSR count). The van der Waals surface area contributed by atoms with Crippen molar-refractivity contribution < 1.29 is 14.3 Å². The molecule has 0 saturated carbocycles. The monoisotopic (exact) mass is 362 g/mol. The van der Waals surface area contributed by atoms with E-state index >= 15 is 0 Å². The van der Waals surface area contributed by atoms with Gasteiger partial charge in [-0.3, -0.25) is 14.3 Å². The summed E-state index contributed by atoms with van der Waals surface area (Å²) < 4.78 is 6.62. The van der Waals surface area contributed by atoms with Gasteiger partial charge in [-0.25, -0.2) is 0 Å². The summed E-state index contributed by atoms with van der Waals surface area (Å²) in [6.45, 7) is 1.43. The number of nitrogens with zero attached hydrogens (tertiary/aromatic N) is 3. The highest BCUT2D eigenvalue weighted by Gasteiger charge is 2.32. The molecule has 2 amide bonds. The standard InChI is InChI=1S/C19H30N4O3/c1-22-18(15-8-3-4-9-16(15)21-22)19(25)23-12-6-5-7-14(23)10-11-20-17(24)13-26-2/h14H,3-13H2,1-2H3,(H,20,24)/t14-/m1/s1. The van der Waals surface area contributed by atoms with E-state index in [1.165, 1.54) is 7.11 Å². The SMILES string of the molecule is COCC(=O)NCC[C@H]1CCCCN1C(=O)c1c2c(nn1C)CCCC2. The first kappa shape index (κ1) is 18.9. The van der Waals surface area contributed by atoms with Crippen molar-refractivity contribution in [2.45, 2.75) is 57.4 Å². The van der Waals surface area contributed by atoms with Crippen LogP contribution in [-0.4, -0.2) is 59.3 Å². The maximum absolute atomic E-state index is 13.3. The number of carbonyl (C=O) groups excluding carboxylic acids is 2. The molecule has 1 N–H and O–H groups in total. The first-order chi connectivity index (χ1) is 12.6. The fourth-order valence-electron chi connectivity index (χ4n) is 4.21. The van der Waals surface area contributed by atoms with Gasteiger partial charge in [0.1, 0.15) is 12.3 Å². The summed E-state index contributed by atoms with van der Waals surface area (Å²) >= 11 is 0. The number of amides is 2. The predicted octanol–water partition coefficient (Wildman–Crippen LogP) is 1.45. The van der Waals surface area contributed by atoms with Gasteiger partial charge in [-0.05, 0) is 51.4 Å². The zero-order chi connectivity index (χ0) is 18.5. The maximum Gasteiger partial charge on any atom is 0.272 e. The summed E-state index contributed by atoms with van der Waals surface area (Å²) in [5.74, 6) is -0.00189. The number of likely N-dealkylation sites (tertiary alicyclic amines) is 1. The zero-order valence-electron chi connectivity index (χ0n) is 15.9. The van der Waals surface area contributed by atoms with E-state index in [2.05, 4.69) is 10.4 Å². The summed E-state index contributed by atoms with van der Waals surface area (Å²) in [6.07, 6.45) is 8.16. The van der Waals surface area contributed by atoms with Gasteiger partial charge in [-0.1, -0.05) is 0 Å². The molecule has 1 fully saturated rings. The lowest BCUT2D eigenvalue weighted by atomic mass is 9.94. The van der Waals surface area contributed by atoms with E-state index in [1.54, 1.807) is 4.68 Å². The maximum atomic E-state index is 13.3. The number of hydrogen-bond donors (Lipinski definition) is 1. The molecule has 1 aromatic heterocycles. The molecule has 7 heteroatoms. The molecule has 1 aliphatic heterocycles. The number of hydrogen-bond acceptors (Lipinski definition) is 4. The Balaban J connectivity index is 1.68. The van der Waals surface area contributed by atoms with Crippen LogP contribution < -0.4 is 5.32 Å². The topological polar surface area (TPSA) is 76.5 Å². The number of aromatic nitrogens is 2. The molecule has 0 spiro atoms. The summed E-state index contributed by atoms with van der Waals surface area (Å²) in [5.41, 5.74) is 3.03. The first-order valence-corrected chi connectivity index (χ1v) is 9.73. The quantitative estimate of drug-likeness (QED) is 0.831. The summed E-state index contributed by atoms with van der Waals surface area (Å²) in [6, 6.07) is 0.174. The van der Waals surface area contributed by atoms with E-state index in [4.69, 9.17) is 4.74 Å². The molecule has 1 aliphatic carbocycles. The van der Waals surface area contributed by atoms with Crippen molar-refractivity contribution in [3.63, 3.8) is 0 Å². The van der Waals surface area contributed by atoms with E-state index in [0.29, 0.717) is 6.54 Å². The average Bonchev–Trinajstić information content (AvgIpc) is 2.97. The Morgan fingerprint density at radius 2 is 2.04 bits per heavy atom. The molecule has 0 unspecified atom stereocenters. The third-order valence-electron chi connectivity index (χ3n) is 5.48. The molecule has 144 valence electrons. The fraction of sp³-hybridized carbons (Fsp3) is 0.737. The summed E-state index contributed by atoms with van der Waals surface area (Å²) in [7, 11) is 3.39. The zero-order valence-corrected chi connectivity index (χ0v) is 15.9. The van der Waals surface area contributed by atoms with Crippen molar-refractivity contribution in [3.8, 4) is 0 Å². The Bertz CT molecular complexity index is 655. The van der Waals surface area contributed by atoms with Crippen molar-refractivity contribution in [1.29, 1.82) is 0 Å². The van der Waals surface area contributed by atoms with Gasteiger partial charge in [-0.2, -0.15) is 5.10 Å². The molecular weight excluding hydrogens is 332 g/mol. The van der Waals surface area contributed by atoms with Gasteiger partial charge in [0.25, 0.3) is 5.91 Å². The van der Waals surface area contributed by atoms with Crippen LogP contribution in [0.1, 0.15) is 60.3 Å². The highest BCUT2D eigenvalue weighted by atomic mass is 16.5. The normalized spacial score (nSPS) is 19.9. The summed E-state index contributed by atoms with van der Waals surface area (Å²) in [5, 5.41) is 7.46. The van der Waals surface area contributed by atoms with Crippen LogP contribution in [0.2, 0.25) is 0 Å². The van der Waals surface area contributed by atoms with Crippen molar-refractivity contribution in [3.05, 3.63) is 17.0 Å². The fourth-order valence-corrected chi connectivity index (χ4v) is 4.21. The van der Waals surface area contributed by atoms with Crippen LogP contribution in [0.5, 0.6) is 0 Å². The van der Waals surface area contributed by atoms with E-state index in [9.17, 15) is 9.59 Å². The first-order valence-electron chi connectivity index (χ1n) is 9.73. The molecule has 7 nitrogen and oxygen atoms in total. The minimum atomic E-state index is -0.109. The lowest BCUT2D eigenvalue weighted by Crippen LogP contribution is -2.46. The van der Waals surface area contributed by atoms with E-state index < -0.39 is 0 Å². The molecule has 0 bridgehead atoms. The van der Waals surface area contributed by atoms with Gasteiger partial charge in [-0.15, -0.1) is 0 Å². The Kier molecular flexibility index (Phi) is 6.29. The molecule has 1 atom stereocenters. The van der Waals surface area contributed by atoms with Crippen molar-refractivity contribution in [2.24, 2.45) is 7.05 Å². The minimum absolute atomic E-state index is 0.0778. The van der Waals surface area contributed by atoms with Gasteiger partial charge in [0.15, 0.2) is 0 Å². The van der Waals surface area contributed by atoms with E-state index in [1.807, 2.05) is 11.9 Å². The van der Waals surface area contributed by atoms with Crippen LogP contribution >= 0.6 is 0 Å². The minimum Gasteiger partial charge on any atom is -0.375 e. The number of methoxy groups -OCH3 is 1. The molecule has 26 heavy (non-hydrogen) atoms. The van der Waals surface area contributed by atoms with Crippen molar-refractivity contribution >= 4 is 11.8 Å². The van der Waals surface area contributed by atoms with Crippen LogP contribution in [0.4, 0.5) is 0 Å². The second kappa shape index (κ2) is 8.66. The van der Waals surface area contributed by atoms with Gasteiger partial charge < -0.3 is 15.0 Å². The Morgan fingerprint density at radius 1 is 1.23 bits per heavy atom. The molecule has 0 radical (unpaired) electrons. The third-order valence-corrected chi connectivity index (χ3v) is 5.48. The number of rotatable bonds is 6. The van der Waals surface area contributed by atoms with Gasteiger partial charge >= 0.3 is 0 Å². The van der Waals surface area contributed by atoms with E-state index in [-0.39, 0.29) is 24.5 Å². The van der Waals surface area contributed by atoms with Gasteiger partial charge in [0.2, 0.25) is 5.91 Å². The molecular formula is C19H30N4O3. The lowest BCUT2D eigenvalue weighted by Gasteiger charge is -2.36. The number of ether oxygens (including phenoxy) is 1. The Hall–Kier alpha value is -1.89. The number of nitrogens with one attached hydrogen (secondary N) is 1. The number of fused-ring (bicyclic) bond motifs is 1. The van der Waals surface area contributed by atoms with Crippen molar-refractivity contribution in [1.82, 2.24) is 20.0 Å². The largest absolute Gasteiger partial charge is 0.375 e. The van der Waals surface area contributed by atoms with Crippen LogP contribution in [0, 0.1) is 0 Å². The van der Waals surface area contributed by atoms with Crippen molar-refractivity contribution in [2.75, 3.05) is 26.8 Å². The lowest BCUT2D eigenvalue weighted by molar-refractivity contribution is -0.124. The average molecular weight is 362 g/mol. The van der Waals surface area contributed by atoms with Crippen LogP contribution in [0.25, 0.3) is 0 Å². The molecule has 2 heterocycles. The third kappa shape index (κ3) is 4.09. The van der Waals surface area contributed by atoms with E-state index in [0.717, 1.165) is 74.9 Å². The summed E-state index contributed by atoms with van der Waals surface area (Å²) in [4.78, 5) is 26.9. The highest BCUT2D eigenvalue weighted by Crippen LogP contribution is 2.27. The Labute approximate surface area is 155 Å². The smallest absolute Gasteiger partial charge is 0.272 e. The molecule has 1 aromatic rings.